The lowest BCUT2D eigenvalue weighted by Crippen LogP contribution is -2.19. The van der Waals surface area contributed by atoms with E-state index in [9.17, 15) is 4.57 Å². The fraction of sp³-hybridized carbons (Fsp3) is 0.333. The summed E-state index contributed by atoms with van der Waals surface area (Å²) in [5.74, 6) is 0.751. The maximum atomic E-state index is 13.2. The minimum Gasteiger partial charge on any atom is -0.439 e. The summed E-state index contributed by atoms with van der Waals surface area (Å²) in [7, 11) is -2.75. The highest BCUT2D eigenvalue weighted by Gasteiger charge is 2.34. The van der Waals surface area contributed by atoms with Crippen molar-refractivity contribution in [2.75, 3.05) is 6.16 Å². The molecule has 0 bridgehead atoms. The standard InChI is InChI=1S/C16H17O2P.2CH4/c1-2-3-12-19(17)16-11-7-5-9-14(16)13-8-4-6-10-15(13)18-19;;/h4-11H,2-3,12H2,1H3;2*1H4. The smallest absolute Gasteiger partial charge is 0.277 e. The zero-order valence-electron chi connectivity index (χ0n) is 11.0. The van der Waals surface area contributed by atoms with Gasteiger partial charge in [-0.1, -0.05) is 64.6 Å². The number of hydrogen-bond donors (Lipinski definition) is 0. The van der Waals surface area contributed by atoms with Gasteiger partial charge < -0.3 is 4.52 Å². The summed E-state index contributed by atoms with van der Waals surface area (Å²) in [6.45, 7) is 2.11. The Morgan fingerprint density at radius 2 is 1.57 bits per heavy atom. The average Bonchev–Trinajstić information content (AvgIpc) is 2.46. The van der Waals surface area contributed by atoms with E-state index in [4.69, 9.17) is 4.52 Å². The summed E-state index contributed by atoms with van der Waals surface area (Å²) in [5.41, 5.74) is 2.10. The van der Waals surface area contributed by atoms with Crippen LogP contribution in [0.1, 0.15) is 34.6 Å². The maximum Gasteiger partial charge on any atom is 0.277 e. The number of hydrogen-bond acceptors (Lipinski definition) is 2. The first-order chi connectivity index (χ1) is 9.24. The van der Waals surface area contributed by atoms with Gasteiger partial charge in [0.1, 0.15) is 5.75 Å². The lowest BCUT2D eigenvalue weighted by Gasteiger charge is -2.28. The van der Waals surface area contributed by atoms with E-state index < -0.39 is 7.37 Å². The first-order valence-corrected chi connectivity index (χ1v) is 8.53. The lowest BCUT2D eigenvalue weighted by molar-refractivity contribution is 0.489. The van der Waals surface area contributed by atoms with Crippen LogP contribution >= 0.6 is 7.37 Å². The normalized spacial score (nSPS) is 18.3. The predicted molar refractivity (Wildman–Crippen MR) is 93.0 cm³/mol. The van der Waals surface area contributed by atoms with Crippen LogP contribution < -0.4 is 9.83 Å². The number of rotatable bonds is 3. The molecule has 0 fully saturated rings. The second kappa shape index (κ2) is 6.95. The van der Waals surface area contributed by atoms with Gasteiger partial charge in [-0.2, -0.15) is 0 Å². The van der Waals surface area contributed by atoms with Crippen LogP contribution in [-0.4, -0.2) is 6.16 Å². The van der Waals surface area contributed by atoms with Crippen LogP contribution in [0.25, 0.3) is 11.1 Å². The third-order valence-electron chi connectivity index (χ3n) is 3.50. The Morgan fingerprint density at radius 3 is 2.29 bits per heavy atom. The van der Waals surface area contributed by atoms with E-state index in [0.29, 0.717) is 6.16 Å². The van der Waals surface area contributed by atoms with Gasteiger partial charge in [0.05, 0.1) is 5.30 Å². The Kier molecular flexibility index (Phi) is 5.80. The van der Waals surface area contributed by atoms with Crippen molar-refractivity contribution in [1.29, 1.82) is 0 Å². The van der Waals surface area contributed by atoms with Crippen LogP contribution in [0.2, 0.25) is 0 Å². The molecular formula is C18H25O2P. The van der Waals surface area contributed by atoms with Crippen LogP contribution in [-0.2, 0) is 4.57 Å². The van der Waals surface area contributed by atoms with E-state index in [1.165, 1.54) is 0 Å². The van der Waals surface area contributed by atoms with Crippen molar-refractivity contribution in [3.8, 4) is 16.9 Å². The van der Waals surface area contributed by atoms with Crippen molar-refractivity contribution in [2.45, 2.75) is 34.6 Å². The molecular weight excluding hydrogens is 279 g/mol. The minimum atomic E-state index is -2.75. The summed E-state index contributed by atoms with van der Waals surface area (Å²) < 4.78 is 19.1. The second-order valence-corrected chi connectivity index (χ2v) is 7.31. The quantitative estimate of drug-likeness (QED) is 0.678. The van der Waals surface area contributed by atoms with Gasteiger partial charge in [-0.3, -0.25) is 4.57 Å². The van der Waals surface area contributed by atoms with E-state index in [1.54, 1.807) is 0 Å². The van der Waals surface area contributed by atoms with Crippen molar-refractivity contribution >= 4 is 12.7 Å². The van der Waals surface area contributed by atoms with Gasteiger partial charge in [0.25, 0.3) is 7.37 Å². The molecule has 1 aliphatic rings. The predicted octanol–water partition coefficient (Wildman–Crippen LogP) is 5.72. The molecule has 3 heteroatoms. The summed E-state index contributed by atoms with van der Waals surface area (Å²) >= 11 is 0. The minimum absolute atomic E-state index is 0. The Morgan fingerprint density at radius 1 is 0.952 bits per heavy atom. The zero-order valence-corrected chi connectivity index (χ0v) is 11.9. The Labute approximate surface area is 128 Å². The molecule has 1 heterocycles. The molecule has 3 rings (SSSR count). The molecule has 0 saturated heterocycles. The highest BCUT2D eigenvalue weighted by atomic mass is 31.2. The monoisotopic (exact) mass is 304 g/mol. The van der Waals surface area contributed by atoms with Crippen molar-refractivity contribution < 1.29 is 9.09 Å². The van der Waals surface area contributed by atoms with Crippen molar-refractivity contribution in [2.24, 2.45) is 0 Å². The summed E-state index contributed by atoms with van der Waals surface area (Å²) in [5, 5.41) is 0.877. The van der Waals surface area contributed by atoms with Crippen molar-refractivity contribution in [3.63, 3.8) is 0 Å². The van der Waals surface area contributed by atoms with Crippen LogP contribution in [0.3, 0.4) is 0 Å². The maximum absolute atomic E-state index is 13.2. The Bertz CT molecular complexity index is 649. The molecule has 0 amide bonds. The van der Waals surface area contributed by atoms with E-state index >= 15 is 0 Å². The number of para-hydroxylation sites is 1. The van der Waals surface area contributed by atoms with Crippen LogP contribution in [0.5, 0.6) is 5.75 Å². The Balaban J connectivity index is 0.00000110. The fourth-order valence-electron chi connectivity index (χ4n) is 2.51. The molecule has 0 spiro atoms. The number of fused-ring (bicyclic) bond motifs is 3. The van der Waals surface area contributed by atoms with E-state index in [1.807, 2.05) is 48.5 Å². The molecule has 0 N–H and O–H groups in total. The fourth-order valence-corrected chi connectivity index (χ4v) is 5.02. The molecule has 1 unspecified atom stereocenters. The second-order valence-electron chi connectivity index (χ2n) is 4.86. The summed E-state index contributed by atoms with van der Waals surface area (Å²) in [6, 6.07) is 15.8. The van der Waals surface area contributed by atoms with E-state index in [-0.39, 0.29) is 14.9 Å². The van der Waals surface area contributed by atoms with Crippen molar-refractivity contribution in [3.05, 3.63) is 48.5 Å². The van der Waals surface area contributed by atoms with Gasteiger partial charge in [-0.25, -0.2) is 0 Å². The topological polar surface area (TPSA) is 26.3 Å². The molecule has 0 radical (unpaired) electrons. The molecule has 0 aliphatic carbocycles. The number of benzene rings is 2. The third kappa shape index (κ3) is 3.06. The molecule has 2 aromatic rings. The molecule has 114 valence electrons. The van der Waals surface area contributed by atoms with Crippen LogP contribution in [0.4, 0.5) is 0 Å². The van der Waals surface area contributed by atoms with Gasteiger partial charge >= 0.3 is 0 Å². The van der Waals surface area contributed by atoms with Gasteiger partial charge in [0, 0.05) is 11.7 Å². The molecule has 21 heavy (non-hydrogen) atoms. The highest BCUT2D eigenvalue weighted by molar-refractivity contribution is 7.67. The van der Waals surface area contributed by atoms with Crippen LogP contribution in [0, 0.1) is 0 Å². The van der Waals surface area contributed by atoms with Gasteiger partial charge in [0.15, 0.2) is 0 Å². The summed E-state index contributed by atoms with van der Waals surface area (Å²) in [4.78, 5) is 0. The zero-order chi connectivity index (χ0) is 13.3. The largest absolute Gasteiger partial charge is 0.439 e. The Hall–Kier alpha value is -1.53. The van der Waals surface area contributed by atoms with E-state index in [0.717, 1.165) is 35.0 Å². The van der Waals surface area contributed by atoms with Crippen molar-refractivity contribution in [1.82, 2.24) is 0 Å². The number of unbranched alkanes of at least 4 members (excludes halogenated alkanes) is 1. The molecule has 1 atom stereocenters. The lowest BCUT2D eigenvalue weighted by atomic mass is 10.0. The third-order valence-corrected chi connectivity index (χ3v) is 6.02. The van der Waals surface area contributed by atoms with Gasteiger partial charge in [-0.15, -0.1) is 0 Å². The summed E-state index contributed by atoms with van der Waals surface area (Å²) in [6.07, 6.45) is 2.57. The van der Waals surface area contributed by atoms with Gasteiger partial charge in [0.2, 0.25) is 0 Å². The molecule has 2 nitrogen and oxygen atoms in total. The first-order valence-electron chi connectivity index (χ1n) is 6.72. The first kappa shape index (κ1) is 17.5. The average molecular weight is 304 g/mol. The molecule has 1 aliphatic heterocycles. The molecule has 0 saturated carbocycles. The molecule has 0 aromatic heterocycles. The molecule has 2 aromatic carbocycles. The van der Waals surface area contributed by atoms with Gasteiger partial charge in [-0.05, 0) is 24.1 Å². The SMILES string of the molecule is C.C.CCCCP1(=O)Oc2ccccc2-c2ccccc21. The van der Waals surface area contributed by atoms with E-state index in [2.05, 4.69) is 6.92 Å². The van der Waals surface area contributed by atoms with Crippen LogP contribution in [0.15, 0.2) is 48.5 Å². The highest BCUT2D eigenvalue weighted by Crippen LogP contribution is 2.54.